The van der Waals surface area contributed by atoms with Crippen LogP contribution in [0.1, 0.15) is 24.8 Å². The summed E-state index contributed by atoms with van der Waals surface area (Å²) in [6, 6.07) is 11.3. The van der Waals surface area contributed by atoms with Crippen LogP contribution in [0.4, 0.5) is 0 Å². The number of hydrogen-bond donors (Lipinski definition) is 2. The van der Waals surface area contributed by atoms with Gasteiger partial charge in [-0.25, -0.2) is 0 Å². The second kappa shape index (κ2) is 7.64. The van der Waals surface area contributed by atoms with Gasteiger partial charge in [0.05, 0.1) is 23.6 Å². The Balaban J connectivity index is 1.71. The number of aliphatic hydroxyl groups is 1. The first kappa shape index (κ1) is 15.3. The van der Waals surface area contributed by atoms with Crippen LogP contribution in [0.25, 0.3) is 0 Å². The molecule has 0 heterocycles. The zero-order valence-electron chi connectivity index (χ0n) is 11.8. The van der Waals surface area contributed by atoms with E-state index >= 15 is 0 Å². The maximum Gasteiger partial charge on any atom is 0.119 e. The molecule has 3 unspecified atom stereocenters. The van der Waals surface area contributed by atoms with E-state index in [0.717, 1.165) is 19.3 Å². The van der Waals surface area contributed by atoms with E-state index in [9.17, 15) is 5.11 Å². The van der Waals surface area contributed by atoms with Crippen LogP contribution in [0.15, 0.2) is 24.3 Å². The van der Waals surface area contributed by atoms with Gasteiger partial charge in [-0.3, -0.25) is 0 Å². The fourth-order valence-electron chi connectivity index (χ4n) is 2.52. The average Bonchev–Trinajstić information content (AvgIpc) is 2.99. The smallest absolute Gasteiger partial charge is 0.119 e. The van der Waals surface area contributed by atoms with E-state index in [1.54, 1.807) is 24.3 Å². The molecule has 5 nitrogen and oxygen atoms in total. The number of aliphatic hydroxyl groups excluding tert-OH is 1. The second-order valence-electron chi connectivity index (χ2n) is 5.28. The molecule has 0 spiro atoms. The quantitative estimate of drug-likeness (QED) is 0.828. The lowest BCUT2D eigenvalue weighted by molar-refractivity contribution is 0.103. The lowest BCUT2D eigenvalue weighted by Gasteiger charge is -2.18. The van der Waals surface area contributed by atoms with E-state index in [1.165, 1.54) is 0 Å². The van der Waals surface area contributed by atoms with Crippen molar-refractivity contribution < 1.29 is 9.84 Å². The van der Waals surface area contributed by atoms with Crippen molar-refractivity contribution >= 4 is 0 Å². The molecule has 1 aliphatic carbocycles. The van der Waals surface area contributed by atoms with Crippen LogP contribution in [0, 0.1) is 28.6 Å². The number of hydrogen-bond acceptors (Lipinski definition) is 5. The molecule has 3 atom stereocenters. The molecule has 2 N–H and O–H groups in total. The number of nitriles is 2. The van der Waals surface area contributed by atoms with Crippen molar-refractivity contribution in [2.75, 3.05) is 13.2 Å². The van der Waals surface area contributed by atoms with Gasteiger partial charge in [0.1, 0.15) is 18.5 Å². The molecule has 0 aliphatic heterocycles. The largest absolute Gasteiger partial charge is 0.491 e. The monoisotopic (exact) mass is 285 g/mol. The van der Waals surface area contributed by atoms with Crippen molar-refractivity contribution in [3.05, 3.63) is 29.8 Å². The highest BCUT2D eigenvalue weighted by Gasteiger charge is 2.26. The summed E-state index contributed by atoms with van der Waals surface area (Å²) in [5.74, 6) is 0.681. The first-order valence-electron chi connectivity index (χ1n) is 7.17. The van der Waals surface area contributed by atoms with E-state index in [0.29, 0.717) is 17.9 Å². The van der Waals surface area contributed by atoms with E-state index < -0.39 is 6.10 Å². The summed E-state index contributed by atoms with van der Waals surface area (Å²) < 4.78 is 5.47. The van der Waals surface area contributed by atoms with Crippen LogP contribution in [-0.2, 0) is 0 Å². The zero-order chi connectivity index (χ0) is 15.1. The summed E-state index contributed by atoms with van der Waals surface area (Å²) in [7, 11) is 0. The maximum absolute atomic E-state index is 9.91. The Morgan fingerprint density at radius 1 is 1.29 bits per heavy atom. The zero-order valence-corrected chi connectivity index (χ0v) is 11.8. The SMILES string of the molecule is N#Cc1ccc(OCC(O)CNC2CCCC2C#N)cc1. The number of rotatable bonds is 6. The third-order valence-electron chi connectivity index (χ3n) is 3.72. The van der Waals surface area contributed by atoms with Crippen LogP contribution in [0.5, 0.6) is 5.75 Å². The number of benzene rings is 1. The van der Waals surface area contributed by atoms with Gasteiger partial charge in [-0.1, -0.05) is 6.42 Å². The lowest BCUT2D eigenvalue weighted by Crippen LogP contribution is -2.39. The molecular weight excluding hydrogens is 266 g/mol. The third kappa shape index (κ3) is 4.46. The third-order valence-corrected chi connectivity index (χ3v) is 3.72. The fourth-order valence-corrected chi connectivity index (χ4v) is 2.52. The average molecular weight is 285 g/mol. The molecule has 0 bridgehead atoms. The van der Waals surface area contributed by atoms with Crippen LogP contribution >= 0.6 is 0 Å². The highest BCUT2D eigenvalue weighted by atomic mass is 16.5. The summed E-state index contributed by atoms with van der Waals surface area (Å²) >= 11 is 0. The molecule has 1 aliphatic rings. The summed E-state index contributed by atoms with van der Waals surface area (Å²) in [6.45, 7) is 0.599. The minimum Gasteiger partial charge on any atom is -0.491 e. The topological polar surface area (TPSA) is 89.1 Å². The van der Waals surface area contributed by atoms with E-state index in [4.69, 9.17) is 15.3 Å². The molecular formula is C16H19N3O2. The molecule has 1 fully saturated rings. The molecule has 0 aromatic heterocycles. The van der Waals surface area contributed by atoms with Crippen LogP contribution in [0.3, 0.4) is 0 Å². The molecule has 0 amide bonds. The first-order valence-corrected chi connectivity index (χ1v) is 7.17. The van der Waals surface area contributed by atoms with Crippen molar-refractivity contribution in [3.63, 3.8) is 0 Å². The Kier molecular flexibility index (Phi) is 5.57. The van der Waals surface area contributed by atoms with Crippen LogP contribution < -0.4 is 10.1 Å². The van der Waals surface area contributed by atoms with Crippen LogP contribution in [-0.4, -0.2) is 30.4 Å². The van der Waals surface area contributed by atoms with Crippen molar-refractivity contribution in [1.82, 2.24) is 5.32 Å². The Morgan fingerprint density at radius 3 is 2.71 bits per heavy atom. The number of ether oxygens (including phenoxy) is 1. The molecule has 110 valence electrons. The molecule has 2 rings (SSSR count). The normalized spacial score (nSPS) is 22.2. The summed E-state index contributed by atoms with van der Waals surface area (Å²) in [5, 5.41) is 30.8. The second-order valence-corrected chi connectivity index (χ2v) is 5.28. The van der Waals surface area contributed by atoms with Crippen LogP contribution in [0.2, 0.25) is 0 Å². The molecule has 21 heavy (non-hydrogen) atoms. The van der Waals surface area contributed by atoms with E-state index in [2.05, 4.69) is 11.4 Å². The Labute approximate surface area is 124 Å². The summed E-state index contributed by atoms with van der Waals surface area (Å²) in [5.41, 5.74) is 0.577. The van der Waals surface area contributed by atoms with E-state index in [-0.39, 0.29) is 18.6 Å². The summed E-state index contributed by atoms with van der Waals surface area (Å²) in [6.07, 6.45) is 2.36. The highest BCUT2D eigenvalue weighted by molar-refractivity contribution is 5.34. The number of nitrogens with one attached hydrogen (secondary N) is 1. The molecule has 0 saturated heterocycles. The van der Waals surface area contributed by atoms with Crippen molar-refractivity contribution in [2.24, 2.45) is 5.92 Å². The van der Waals surface area contributed by atoms with Gasteiger partial charge in [0.25, 0.3) is 0 Å². The van der Waals surface area contributed by atoms with Gasteiger partial charge < -0.3 is 15.2 Å². The minimum atomic E-state index is -0.624. The van der Waals surface area contributed by atoms with Gasteiger partial charge in [0.2, 0.25) is 0 Å². The van der Waals surface area contributed by atoms with Gasteiger partial charge in [-0.15, -0.1) is 0 Å². The molecule has 0 radical (unpaired) electrons. The standard InChI is InChI=1S/C16H19N3O2/c17-8-12-4-6-15(7-5-12)21-11-14(20)10-19-16-3-1-2-13(16)9-18/h4-7,13-14,16,19-20H,1-3,10-11H2. The lowest BCUT2D eigenvalue weighted by atomic mass is 10.1. The van der Waals surface area contributed by atoms with Gasteiger partial charge in [-0.05, 0) is 37.1 Å². The van der Waals surface area contributed by atoms with Gasteiger partial charge in [0, 0.05) is 12.6 Å². The van der Waals surface area contributed by atoms with Crippen molar-refractivity contribution in [1.29, 1.82) is 10.5 Å². The van der Waals surface area contributed by atoms with Crippen molar-refractivity contribution in [2.45, 2.75) is 31.4 Å². The number of nitrogens with zero attached hydrogens (tertiary/aromatic N) is 2. The molecule has 1 saturated carbocycles. The predicted octanol–water partition coefficient (Wildman–Crippen LogP) is 1.58. The van der Waals surface area contributed by atoms with Gasteiger partial charge in [-0.2, -0.15) is 10.5 Å². The Bertz CT molecular complexity index is 530. The van der Waals surface area contributed by atoms with Crippen molar-refractivity contribution in [3.8, 4) is 17.9 Å². The highest BCUT2D eigenvalue weighted by Crippen LogP contribution is 2.24. The Hall–Kier alpha value is -2.08. The minimum absolute atomic E-state index is 0.0524. The molecule has 1 aromatic carbocycles. The fraction of sp³-hybridized carbons (Fsp3) is 0.500. The van der Waals surface area contributed by atoms with Gasteiger partial charge in [0.15, 0.2) is 0 Å². The molecule has 1 aromatic rings. The predicted molar refractivity (Wildman–Crippen MR) is 77.4 cm³/mol. The van der Waals surface area contributed by atoms with E-state index in [1.807, 2.05) is 6.07 Å². The summed E-state index contributed by atoms with van der Waals surface area (Å²) in [4.78, 5) is 0. The van der Waals surface area contributed by atoms with Gasteiger partial charge >= 0.3 is 0 Å². The molecule has 5 heteroatoms. The first-order chi connectivity index (χ1) is 10.2. The Morgan fingerprint density at radius 2 is 2.05 bits per heavy atom. The maximum atomic E-state index is 9.91.